The monoisotopic (exact) mass is 155 g/mol. The highest BCUT2D eigenvalue weighted by atomic mass is 16.5. The van der Waals surface area contributed by atoms with Crippen LogP contribution in [-0.4, -0.2) is 24.3 Å². The van der Waals surface area contributed by atoms with Crippen LogP contribution in [0.5, 0.6) is 0 Å². The maximum atomic E-state index is 9.96. The van der Waals surface area contributed by atoms with Crippen LogP contribution < -0.4 is 0 Å². The molecular weight excluding hydrogens is 142 g/mol. The highest BCUT2D eigenvalue weighted by molar-refractivity contribution is 5.36. The number of carbonyl (C=O) groups excluding carboxylic acids is 1. The molecule has 0 aromatic carbocycles. The maximum absolute atomic E-state index is 9.96. The van der Waals surface area contributed by atoms with Gasteiger partial charge in [0.15, 0.2) is 0 Å². The Morgan fingerprint density at radius 2 is 2.27 bits per heavy atom. The fraction of sp³-hybridized carbons (Fsp3) is 0.875. The van der Waals surface area contributed by atoms with Crippen molar-refractivity contribution < 1.29 is 9.53 Å². The SMILES string of the molecule is CC(C)OCC1(N=C=O)CC1. The van der Waals surface area contributed by atoms with Crippen molar-refractivity contribution in [3.05, 3.63) is 0 Å². The van der Waals surface area contributed by atoms with E-state index in [9.17, 15) is 4.79 Å². The first-order valence-corrected chi connectivity index (χ1v) is 3.89. The van der Waals surface area contributed by atoms with Gasteiger partial charge in [0.1, 0.15) is 0 Å². The summed E-state index contributed by atoms with van der Waals surface area (Å²) in [7, 11) is 0. The molecule has 11 heavy (non-hydrogen) atoms. The van der Waals surface area contributed by atoms with E-state index in [-0.39, 0.29) is 11.6 Å². The van der Waals surface area contributed by atoms with Crippen molar-refractivity contribution in [3.63, 3.8) is 0 Å². The first kappa shape index (κ1) is 8.44. The molecule has 0 aromatic rings. The highest BCUT2D eigenvalue weighted by Gasteiger charge is 2.43. The molecule has 0 aromatic heterocycles. The van der Waals surface area contributed by atoms with Crippen molar-refractivity contribution in [2.45, 2.75) is 38.3 Å². The Morgan fingerprint density at radius 3 is 2.64 bits per heavy atom. The summed E-state index contributed by atoms with van der Waals surface area (Å²) in [6.07, 6.45) is 3.74. The molecule has 0 radical (unpaired) electrons. The van der Waals surface area contributed by atoms with Gasteiger partial charge in [0.05, 0.1) is 18.2 Å². The molecule has 0 saturated heterocycles. The minimum atomic E-state index is -0.188. The lowest BCUT2D eigenvalue weighted by molar-refractivity contribution is 0.0640. The Hall–Kier alpha value is -0.660. The average molecular weight is 155 g/mol. The van der Waals surface area contributed by atoms with Gasteiger partial charge in [0.25, 0.3) is 0 Å². The summed E-state index contributed by atoms with van der Waals surface area (Å²) in [5, 5.41) is 0. The zero-order valence-electron chi connectivity index (χ0n) is 6.96. The molecule has 0 bridgehead atoms. The molecule has 0 heterocycles. The molecule has 1 fully saturated rings. The van der Waals surface area contributed by atoms with Gasteiger partial charge in [-0.05, 0) is 26.7 Å². The third kappa shape index (κ3) is 2.45. The second-order valence-corrected chi connectivity index (χ2v) is 3.29. The zero-order chi connectivity index (χ0) is 8.32. The normalized spacial score (nSPS) is 19.5. The maximum Gasteiger partial charge on any atom is 0.235 e. The second kappa shape index (κ2) is 3.16. The first-order valence-electron chi connectivity index (χ1n) is 3.89. The number of nitrogens with zero attached hydrogens (tertiary/aromatic N) is 1. The van der Waals surface area contributed by atoms with Gasteiger partial charge in [-0.1, -0.05) is 0 Å². The summed E-state index contributed by atoms with van der Waals surface area (Å²) in [4.78, 5) is 13.7. The molecular formula is C8H13NO2. The van der Waals surface area contributed by atoms with Gasteiger partial charge in [0.2, 0.25) is 6.08 Å². The minimum Gasteiger partial charge on any atom is -0.376 e. The molecule has 0 atom stereocenters. The summed E-state index contributed by atoms with van der Waals surface area (Å²) < 4.78 is 5.35. The van der Waals surface area contributed by atoms with Crippen molar-refractivity contribution >= 4 is 6.08 Å². The van der Waals surface area contributed by atoms with Crippen LogP contribution in [0.3, 0.4) is 0 Å². The van der Waals surface area contributed by atoms with E-state index in [0.717, 1.165) is 12.8 Å². The Kier molecular flexibility index (Phi) is 2.42. The molecule has 3 heteroatoms. The van der Waals surface area contributed by atoms with Gasteiger partial charge in [-0.25, -0.2) is 4.79 Å². The molecule has 0 N–H and O–H groups in total. The van der Waals surface area contributed by atoms with Crippen molar-refractivity contribution in [1.29, 1.82) is 0 Å². The van der Waals surface area contributed by atoms with Crippen LogP contribution in [0.15, 0.2) is 4.99 Å². The predicted molar refractivity (Wildman–Crippen MR) is 41.2 cm³/mol. The third-order valence-corrected chi connectivity index (χ3v) is 1.80. The van der Waals surface area contributed by atoms with Crippen LogP contribution in [0.4, 0.5) is 0 Å². The first-order chi connectivity index (χ1) is 5.18. The topological polar surface area (TPSA) is 38.7 Å². The van der Waals surface area contributed by atoms with E-state index < -0.39 is 0 Å². The number of aliphatic imine (C=N–C) groups is 1. The summed E-state index contributed by atoms with van der Waals surface area (Å²) in [5.41, 5.74) is -0.188. The average Bonchev–Trinajstić information content (AvgIpc) is 2.67. The van der Waals surface area contributed by atoms with E-state index >= 15 is 0 Å². The van der Waals surface area contributed by atoms with Crippen LogP contribution in [0.1, 0.15) is 26.7 Å². The Morgan fingerprint density at radius 1 is 1.64 bits per heavy atom. The van der Waals surface area contributed by atoms with E-state index in [4.69, 9.17) is 4.74 Å². The predicted octanol–water partition coefficient (Wildman–Crippen LogP) is 1.28. The number of ether oxygens (including phenoxy) is 1. The van der Waals surface area contributed by atoms with Crippen molar-refractivity contribution in [3.8, 4) is 0 Å². The smallest absolute Gasteiger partial charge is 0.235 e. The van der Waals surface area contributed by atoms with E-state index in [1.165, 1.54) is 0 Å². The van der Waals surface area contributed by atoms with Crippen molar-refractivity contribution in [2.24, 2.45) is 4.99 Å². The standard InChI is InChI=1S/C8H13NO2/c1-7(2)11-5-8(3-4-8)9-6-10/h7H,3-5H2,1-2H3. The van der Waals surface area contributed by atoms with Gasteiger partial charge < -0.3 is 4.74 Å². The zero-order valence-corrected chi connectivity index (χ0v) is 6.96. The van der Waals surface area contributed by atoms with Gasteiger partial charge >= 0.3 is 0 Å². The van der Waals surface area contributed by atoms with Crippen LogP contribution in [0.25, 0.3) is 0 Å². The van der Waals surface area contributed by atoms with E-state index in [0.29, 0.717) is 6.61 Å². The minimum absolute atomic E-state index is 0.188. The lowest BCUT2D eigenvalue weighted by Gasteiger charge is -2.10. The molecule has 0 aliphatic heterocycles. The van der Waals surface area contributed by atoms with Crippen molar-refractivity contribution in [2.75, 3.05) is 6.61 Å². The number of hydrogen-bond acceptors (Lipinski definition) is 3. The molecule has 0 spiro atoms. The van der Waals surface area contributed by atoms with Crippen molar-refractivity contribution in [1.82, 2.24) is 0 Å². The van der Waals surface area contributed by atoms with Gasteiger partial charge in [0, 0.05) is 0 Å². The fourth-order valence-electron chi connectivity index (χ4n) is 0.851. The lowest BCUT2D eigenvalue weighted by Crippen LogP contribution is -2.17. The van der Waals surface area contributed by atoms with E-state index in [1.54, 1.807) is 6.08 Å². The summed E-state index contributed by atoms with van der Waals surface area (Å²) in [6, 6.07) is 0. The summed E-state index contributed by atoms with van der Waals surface area (Å²) >= 11 is 0. The van der Waals surface area contributed by atoms with E-state index in [1.807, 2.05) is 13.8 Å². The Bertz CT molecular complexity index is 179. The number of rotatable bonds is 4. The molecule has 0 amide bonds. The lowest BCUT2D eigenvalue weighted by atomic mass is 10.3. The van der Waals surface area contributed by atoms with Gasteiger partial charge in [-0.2, -0.15) is 4.99 Å². The van der Waals surface area contributed by atoms with Crippen LogP contribution in [-0.2, 0) is 9.53 Å². The summed E-state index contributed by atoms with van der Waals surface area (Å²) in [6.45, 7) is 4.52. The molecule has 1 rings (SSSR count). The quantitative estimate of drug-likeness (QED) is 0.453. The Balaban J connectivity index is 2.30. The second-order valence-electron chi connectivity index (χ2n) is 3.29. The molecule has 3 nitrogen and oxygen atoms in total. The fourth-order valence-corrected chi connectivity index (χ4v) is 0.851. The third-order valence-electron chi connectivity index (χ3n) is 1.80. The van der Waals surface area contributed by atoms with Crippen LogP contribution in [0, 0.1) is 0 Å². The largest absolute Gasteiger partial charge is 0.376 e. The molecule has 1 saturated carbocycles. The molecule has 62 valence electrons. The van der Waals surface area contributed by atoms with E-state index in [2.05, 4.69) is 4.99 Å². The number of isocyanates is 1. The molecule has 1 aliphatic rings. The van der Waals surface area contributed by atoms with Gasteiger partial charge in [-0.15, -0.1) is 0 Å². The molecule has 1 aliphatic carbocycles. The Labute approximate surface area is 66.5 Å². The number of hydrogen-bond donors (Lipinski definition) is 0. The summed E-state index contributed by atoms with van der Waals surface area (Å²) in [5.74, 6) is 0. The van der Waals surface area contributed by atoms with Gasteiger partial charge in [-0.3, -0.25) is 0 Å². The highest BCUT2D eigenvalue weighted by Crippen LogP contribution is 2.39. The van der Waals surface area contributed by atoms with Crippen LogP contribution in [0.2, 0.25) is 0 Å². The molecule has 0 unspecified atom stereocenters. The van der Waals surface area contributed by atoms with Crippen LogP contribution >= 0.6 is 0 Å².